The third kappa shape index (κ3) is 3.48. The van der Waals surface area contributed by atoms with E-state index < -0.39 is 11.7 Å². The van der Waals surface area contributed by atoms with Gasteiger partial charge in [0.05, 0.1) is 16.3 Å². The lowest BCUT2D eigenvalue weighted by Gasteiger charge is -2.11. The lowest BCUT2D eigenvalue weighted by atomic mass is 10.2. The monoisotopic (exact) mass is 307 g/mol. The van der Waals surface area contributed by atoms with E-state index in [1.54, 1.807) is 0 Å². The molecule has 2 rings (SSSR count). The Morgan fingerprint density at radius 3 is 2.42 bits per heavy atom. The summed E-state index contributed by atoms with van der Waals surface area (Å²) in [6.07, 6.45) is -3.02. The number of alkyl halides is 3. The SMILES string of the molecule is FC(F)(F)c1ccc(Nc2ccnc(Cl)n2)c(Cl)c1. The van der Waals surface area contributed by atoms with Crippen LogP contribution in [0, 0.1) is 0 Å². The summed E-state index contributed by atoms with van der Waals surface area (Å²) < 4.78 is 37.4. The van der Waals surface area contributed by atoms with E-state index in [9.17, 15) is 13.2 Å². The Hall–Kier alpha value is -1.53. The minimum atomic E-state index is -4.43. The van der Waals surface area contributed by atoms with E-state index in [1.165, 1.54) is 18.3 Å². The van der Waals surface area contributed by atoms with Crippen LogP contribution < -0.4 is 5.32 Å². The van der Waals surface area contributed by atoms with Gasteiger partial charge in [-0.2, -0.15) is 13.2 Å². The van der Waals surface area contributed by atoms with Crippen LogP contribution in [0.3, 0.4) is 0 Å². The van der Waals surface area contributed by atoms with Crippen molar-refractivity contribution in [1.29, 1.82) is 0 Å². The molecule has 0 saturated heterocycles. The number of aromatic nitrogens is 2. The number of nitrogens with one attached hydrogen (secondary N) is 1. The normalized spacial score (nSPS) is 11.4. The fourth-order valence-electron chi connectivity index (χ4n) is 1.34. The molecule has 0 aliphatic rings. The average Bonchev–Trinajstić information content (AvgIpc) is 2.30. The summed E-state index contributed by atoms with van der Waals surface area (Å²) in [6.45, 7) is 0. The summed E-state index contributed by atoms with van der Waals surface area (Å²) in [5.41, 5.74) is -0.520. The van der Waals surface area contributed by atoms with Gasteiger partial charge < -0.3 is 5.32 Å². The summed E-state index contributed by atoms with van der Waals surface area (Å²) >= 11 is 11.4. The first-order valence-electron chi connectivity index (χ1n) is 4.98. The molecule has 0 radical (unpaired) electrons. The van der Waals surface area contributed by atoms with Gasteiger partial charge >= 0.3 is 6.18 Å². The van der Waals surface area contributed by atoms with Crippen molar-refractivity contribution in [1.82, 2.24) is 9.97 Å². The maximum atomic E-state index is 12.5. The van der Waals surface area contributed by atoms with Crippen LogP contribution in [0.4, 0.5) is 24.7 Å². The van der Waals surface area contributed by atoms with Crippen LogP contribution in [0.2, 0.25) is 10.3 Å². The van der Waals surface area contributed by atoms with Crippen molar-refractivity contribution in [3.63, 3.8) is 0 Å². The first-order chi connectivity index (χ1) is 8.86. The maximum absolute atomic E-state index is 12.5. The van der Waals surface area contributed by atoms with Crippen molar-refractivity contribution in [2.75, 3.05) is 5.32 Å². The second kappa shape index (κ2) is 5.22. The number of hydrogen-bond acceptors (Lipinski definition) is 3. The first-order valence-corrected chi connectivity index (χ1v) is 5.74. The van der Waals surface area contributed by atoms with Gasteiger partial charge in [0.2, 0.25) is 5.28 Å². The van der Waals surface area contributed by atoms with Crippen LogP contribution in [0.15, 0.2) is 30.5 Å². The topological polar surface area (TPSA) is 37.8 Å². The van der Waals surface area contributed by atoms with Gasteiger partial charge in [-0.1, -0.05) is 11.6 Å². The Labute approximate surface area is 116 Å². The zero-order valence-electron chi connectivity index (χ0n) is 9.17. The lowest BCUT2D eigenvalue weighted by Crippen LogP contribution is -2.05. The Kier molecular flexibility index (Phi) is 3.82. The molecule has 0 amide bonds. The quantitative estimate of drug-likeness (QED) is 0.827. The largest absolute Gasteiger partial charge is 0.416 e. The van der Waals surface area contributed by atoms with Gasteiger partial charge in [0, 0.05) is 6.20 Å². The van der Waals surface area contributed by atoms with Gasteiger partial charge in [0.1, 0.15) is 5.82 Å². The highest BCUT2D eigenvalue weighted by Gasteiger charge is 2.30. The molecule has 0 spiro atoms. The molecule has 0 aliphatic heterocycles. The molecule has 0 atom stereocenters. The van der Waals surface area contributed by atoms with E-state index in [4.69, 9.17) is 23.2 Å². The van der Waals surface area contributed by atoms with E-state index in [2.05, 4.69) is 15.3 Å². The zero-order valence-corrected chi connectivity index (χ0v) is 10.7. The van der Waals surface area contributed by atoms with Crippen LogP contribution in [0.5, 0.6) is 0 Å². The number of benzene rings is 1. The third-order valence-electron chi connectivity index (χ3n) is 2.19. The molecular formula is C11H6Cl2F3N3. The highest BCUT2D eigenvalue weighted by molar-refractivity contribution is 6.33. The molecule has 0 aliphatic carbocycles. The summed E-state index contributed by atoms with van der Waals surface area (Å²) in [7, 11) is 0. The smallest absolute Gasteiger partial charge is 0.339 e. The molecular weight excluding hydrogens is 302 g/mol. The molecule has 0 unspecified atom stereocenters. The first kappa shape index (κ1) is 13.9. The van der Waals surface area contributed by atoms with Gasteiger partial charge in [0.15, 0.2) is 0 Å². The van der Waals surface area contributed by atoms with Gasteiger partial charge in [-0.3, -0.25) is 0 Å². The highest BCUT2D eigenvalue weighted by atomic mass is 35.5. The molecule has 1 aromatic carbocycles. The van der Waals surface area contributed by atoms with E-state index in [-0.39, 0.29) is 10.3 Å². The highest BCUT2D eigenvalue weighted by Crippen LogP contribution is 2.34. The van der Waals surface area contributed by atoms with E-state index in [0.717, 1.165) is 12.1 Å². The number of halogens is 5. The van der Waals surface area contributed by atoms with Crippen LogP contribution in [-0.4, -0.2) is 9.97 Å². The standard InChI is InChI=1S/C11H6Cl2F3N3/c12-7-5-6(11(14,15)16)1-2-8(7)18-9-3-4-17-10(13)19-9/h1-5H,(H,17,18,19). The van der Waals surface area contributed by atoms with Gasteiger partial charge in [-0.15, -0.1) is 0 Å². The number of nitrogens with zero attached hydrogens (tertiary/aromatic N) is 2. The molecule has 1 N–H and O–H groups in total. The molecule has 8 heteroatoms. The van der Waals surface area contributed by atoms with Crippen molar-refractivity contribution in [3.8, 4) is 0 Å². The summed E-state index contributed by atoms with van der Waals surface area (Å²) in [4.78, 5) is 7.53. The van der Waals surface area contributed by atoms with Crippen LogP contribution in [0.1, 0.15) is 5.56 Å². The van der Waals surface area contributed by atoms with Crippen molar-refractivity contribution in [2.24, 2.45) is 0 Å². The number of anilines is 2. The van der Waals surface area contributed by atoms with Crippen molar-refractivity contribution < 1.29 is 13.2 Å². The van der Waals surface area contributed by atoms with Crippen molar-refractivity contribution >= 4 is 34.7 Å². The fraction of sp³-hybridized carbons (Fsp3) is 0.0909. The Balaban J connectivity index is 2.27. The molecule has 0 saturated carbocycles. The minimum absolute atomic E-state index is 0.0213. The third-order valence-corrected chi connectivity index (χ3v) is 2.68. The van der Waals surface area contributed by atoms with Gasteiger partial charge in [-0.25, -0.2) is 9.97 Å². The average molecular weight is 308 g/mol. The molecule has 2 aromatic rings. The molecule has 1 aromatic heterocycles. The van der Waals surface area contributed by atoms with Gasteiger partial charge in [-0.05, 0) is 35.9 Å². The van der Waals surface area contributed by atoms with Crippen LogP contribution in [-0.2, 0) is 6.18 Å². The lowest BCUT2D eigenvalue weighted by molar-refractivity contribution is -0.137. The zero-order chi connectivity index (χ0) is 14.0. The Morgan fingerprint density at radius 2 is 1.84 bits per heavy atom. The Bertz CT molecular complexity index is 602. The van der Waals surface area contributed by atoms with E-state index in [1.807, 2.05) is 0 Å². The second-order valence-electron chi connectivity index (χ2n) is 3.53. The molecule has 3 nitrogen and oxygen atoms in total. The van der Waals surface area contributed by atoms with E-state index in [0.29, 0.717) is 11.5 Å². The summed E-state index contributed by atoms with van der Waals surface area (Å²) in [5.74, 6) is 0.335. The number of hydrogen-bond donors (Lipinski definition) is 1. The maximum Gasteiger partial charge on any atom is 0.416 e. The van der Waals surface area contributed by atoms with Crippen molar-refractivity contribution in [2.45, 2.75) is 6.18 Å². The molecule has 100 valence electrons. The number of rotatable bonds is 2. The van der Waals surface area contributed by atoms with Crippen LogP contribution in [0.25, 0.3) is 0 Å². The van der Waals surface area contributed by atoms with Crippen molar-refractivity contribution in [3.05, 3.63) is 46.3 Å². The molecule has 0 bridgehead atoms. The predicted octanol–water partition coefficient (Wildman–Crippen LogP) is 4.55. The minimum Gasteiger partial charge on any atom is -0.339 e. The molecule has 0 fully saturated rings. The Morgan fingerprint density at radius 1 is 1.11 bits per heavy atom. The summed E-state index contributed by atoms with van der Waals surface area (Å²) in [5, 5.41) is 2.71. The fourth-order valence-corrected chi connectivity index (χ4v) is 1.71. The van der Waals surface area contributed by atoms with Crippen LogP contribution >= 0.6 is 23.2 Å². The van der Waals surface area contributed by atoms with E-state index >= 15 is 0 Å². The summed E-state index contributed by atoms with van der Waals surface area (Å²) in [6, 6.07) is 4.50. The van der Waals surface area contributed by atoms with Gasteiger partial charge in [0.25, 0.3) is 0 Å². The molecule has 1 heterocycles. The second-order valence-corrected chi connectivity index (χ2v) is 4.27. The molecule has 19 heavy (non-hydrogen) atoms. The predicted molar refractivity (Wildman–Crippen MR) is 66.8 cm³/mol.